The van der Waals surface area contributed by atoms with Crippen LogP contribution in [0.4, 0.5) is 4.79 Å². The maximum Gasteiger partial charge on any atom is 0.407 e. The van der Waals surface area contributed by atoms with Crippen molar-refractivity contribution in [3.8, 4) is 16.9 Å². The highest BCUT2D eigenvalue weighted by Crippen LogP contribution is 2.44. The number of carbonyl (C=O) groups excluding carboxylic acids is 2. The van der Waals surface area contributed by atoms with Gasteiger partial charge in [-0.15, -0.1) is 0 Å². The Morgan fingerprint density at radius 2 is 1.19 bits per heavy atom. The minimum Gasteiger partial charge on any atom is -0.497 e. The first-order valence-electron chi connectivity index (χ1n) is 15.3. The summed E-state index contributed by atoms with van der Waals surface area (Å²) in [5.74, 6) is -1.49. The van der Waals surface area contributed by atoms with Gasteiger partial charge in [-0.3, -0.25) is 4.79 Å². The van der Waals surface area contributed by atoms with Crippen LogP contribution in [0.2, 0.25) is 0 Å². The third-order valence-corrected chi connectivity index (χ3v) is 8.59. The lowest BCUT2D eigenvalue weighted by Crippen LogP contribution is -2.51. The van der Waals surface area contributed by atoms with E-state index in [1.807, 2.05) is 121 Å². The first kappa shape index (κ1) is 31.1. The summed E-state index contributed by atoms with van der Waals surface area (Å²) in [7, 11) is 1.58. The topological polar surface area (TPSA) is 114 Å². The number of ether oxygens (including phenoxy) is 2. The van der Waals surface area contributed by atoms with E-state index in [0.717, 1.165) is 38.9 Å². The molecular weight excluding hydrogens is 592 g/mol. The highest BCUT2D eigenvalue weighted by atomic mass is 16.5. The molecule has 0 spiro atoms. The van der Waals surface area contributed by atoms with Crippen molar-refractivity contribution in [1.29, 1.82) is 0 Å². The number of amides is 2. The summed E-state index contributed by atoms with van der Waals surface area (Å²) in [6.07, 6.45) is -1.45. The number of rotatable bonds is 11. The Balaban J connectivity index is 1.22. The summed E-state index contributed by atoms with van der Waals surface area (Å²) in [5.41, 5.74) is 5.31. The van der Waals surface area contributed by atoms with Gasteiger partial charge < -0.3 is 25.2 Å². The van der Waals surface area contributed by atoms with Crippen LogP contribution < -0.4 is 15.4 Å². The number of fused-ring (bicyclic) bond motifs is 3. The fourth-order valence-corrected chi connectivity index (χ4v) is 6.36. The highest BCUT2D eigenvalue weighted by Gasteiger charge is 2.39. The molecule has 5 aromatic rings. The third kappa shape index (κ3) is 6.31. The van der Waals surface area contributed by atoms with Gasteiger partial charge >= 0.3 is 12.1 Å². The number of nitrogens with one attached hydrogen (secondary N) is 2. The molecule has 0 aromatic heterocycles. The molecule has 3 N–H and O–H groups in total. The summed E-state index contributed by atoms with van der Waals surface area (Å²) < 4.78 is 10.9. The zero-order valence-corrected chi connectivity index (χ0v) is 25.8. The van der Waals surface area contributed by atoms with Gasteiger partial charge in [0.25, 0.3) is 0 Å². The fourth-order valence-electron chi connectivity index (χ4n) is 6.36. The zero-order valence-electron chi connectivity index (χ0n) is 25.8. The van der Waals surface area contributed by atoms with E-state index in [1.165, 1.54) is 0 Å². The minimum atomic E-state index is -1.54. The van der Waals surface area contributed by atoms with Crippen LogP contribution in [0.5, 0.6) is 5.75 Å². The van der Waals surface area contributed by atoms with Gasteiger partial charge in [0.2, 0.25) is 5.91 Å². The summed E-state index contributed by atoms with van der Waals surface area (Å²) in [4.78, 5) is 39.2. The van der Waals surface area contributed by atoms with Crippen LogP contribution in [0.3, 0.4) is 0 Å². The molecule has 0 heterocycles. The van der Waals surface area contributed by atoms with E-state index >= 15 is 0 Å². The quantitative estimate of drug-likeness (QED) is 0.145. The monoisotopic (exact) mass is 626 g/mol. The second kappa shape index (κ2) is 13.6. The lowest BCUT2D eigenvalue weighted by Gasteiger charge is -2.37. The van der Waals surface area contributed by atoms with E-state index in [1.54, 1.807) is 19.2 Å². The van der Waals surface area contributed by atoms with Crippen molar-refractivity contribution in [2.24, 2.45) is 0 Å². The van der Waals surface area contributed by atoms with Crippen molar-refractivity contribution in [1.82, 2.24) is 10.6 Å². The van der Waals surface area contributed by atoms with Crippen LogP contribution in [0.1, 0.15) is 40.2 Å². The molecule has 236 valence electrons. The largest absolute Gasteiger partial charge is 0.497 e. The van der Waals surface area contributed by atoms with Crippen molar-refractivity contribution in [2.45, 2.75) is 23.9 Å². The van der Waals surface area contributed by atoms with Gasteiger partial charge in [0.05, 0.1) is 13.5 Å². The first-order chi connectivity index (χ1) is 22.9. The van der Waals surface area contributed by atoms with E-state index in [2.05, 4.69) is 10.6 Å². The standard InChI is InChI=1S/C39H34N2O6/c1-46-29-22-20-28(21-23-29)39(26-12-4-2-5-13-26,27-14-6-3-7-15-27)41-36(42)24-35(37(43)44)40-38(45)47-25-34-32-18-10-8-16-30(32)31-17-9-11-19-33(31)34/h2-23,34-35H,24-25H2,1H3,(H,40,45)(H,41,42)(H,43,44)/t35-/m0/s1. The number of hydrogen-bond acceptors (Lipinski definition) is 5. The molecule has 0 saturated heterocycles. The van der Waals surface area contributed by atoms with Crippen LogP contribution >= 0.6 is 0 Å². The normalized spacial score (nSPS) is 12.7. The SMILES string of the molecule is COc1ccc(C(NC(=O)C[C@H](NC(=O)OCC2c3ccccc3-c3ccccc32)C(=O)O)(c2ccccc2)c2ccccc2)cc1. The molecule has 0 aliphatic heterocycles. The third-order valence-electron chi connectivity index (χ3n) is 8.59. The molecule has 0 fully saturated rings. The van der Waals surface area contributed by atoms with E-state index in [9.17, 15) is 19.5 Å². The first-order valence-corrected chi connectivity index (χ1v) is 15.3. The van der Waals surface area contributed by atoms with Crippen molar-refractivity contribution < 1.29 is 29.0 Å². The Morgan fingerprint density at radius 3 is 1.70 bits per heavy atom. The second-order valence-electron chi connectivity index (χ2n) is 11.3. The molecule has 1 aliphatic carbocycles. The molecule has 6 rings (SSSR count). The molecule has 0 radical (unpaired) electrons. The number of benzene rings is 5. The van der Waals surface area contributed by atoms with E-state index < -0.39 is 36.0 Å². The number of carboxylic acid groups (broad SMARTS) is 1. The number of alkyl carbamates (subject to hydrolysis) is 1. The Labute approximate surface area is 273 Å². The molecule has 8 nitrogen and oxygen atoms in total. The smallest absolute Gasteiger partial charge is 0.407 e. The van der Waals surface area contributed by atoms with Gasteiger partial charge in [0.15, 0.2) is 0 Å². The van der Waals surface area contributed by atoms with Gasteiger partial charge in [-0.05, 0) is 51.1 Å². The molecule has 0 unspecified atom stereocenters. The molecule has 0 bridgehead atoms. The Bertz CT molecular complexity index is 1790. The number of carboxylic acids is 1. The number of aliphatic carboxylic acids is 1. The maximum absolute atomic E-state index is 13.8. The molecular formula is C39H34N2O6. The molecule has 0 saturated carbocycles. The molecule has 2 amide bonds. The second-order valence-corrected chi connectivity index (χ2v) is 11.3. The zero-order chi connectivity index (χ0) is 32.8. The molecule has 1 aliphatic rings. The Morgan fingerprint density at radius 1 is 0.702 bits per heavy atom. The maximum atomic E-state index is 13.8. The average Bonchev–Trinajstić information content (AvgIpc) is 3.43. The lowest BCUT2D eigenvalue weighted by atomic mass is 9.76. The summed E-state index contributed by atoms with van der Waals surface area (Å²) >= 11 is 0. The van der Waals surface area contributed by atoms with Crippen molar-refractivity contribution in [3.63, 3.8) is 0 Å². The summed E-state index contributed by atoms with van der Waals surface area (Å²) in [6, 6.07) is 40.6. The lowest BCUT2D eigenvalue weighted by molar-refractivity contribution is -0.141. The molecule has 47 heavy (non-hydrogen) atoms. The molecule has 5 aromatic carbocycles. The van der Waals surface area contributed by atoms with Crippen molar-refractivity contribution in [2.75, 3.05) is 13.7 Å². The Kier molecular flexibility index (Phi) is 9.02. The van der Waals surface area contributed by atoms with E-state index in [-0.39, 0.29) is 12.5 Å². The molecule has 8 heteroatoms. The van der Waals surface area contributed by atoms with Gasteiger partial charge in [-0.2, -0.15) is 0 Å². The summed E-state index contributed by atoms with van der Waals surface area (Å²) in [6.45, 7) is 0.0149. The van der Waals surface area contributed by atoms with Crippen LogP contribution in [0.15, 0.2) is 133 Å². The van der Waals surface area contributed by atoms with E-state index in [4.69, 9.17) is 9.47 Å². The van der Waals surface area contributed by atoms with Gasteiger partial charge in [0, 0.05) is 5.92 Å². The number of methoxy groups -OCH3 is 1. The number of carbonyl (C=O) groups is 3. The van der Waals surface area contributed by atoms with Gasteiger partial charge in [-0.1, -0.05) is 121 Å². The average molecular weight is 627 g/mol. The van der Waals surface area contributed by atoms with Gasteiger partial charge in [0.1, 0.15) is 23.9 Å². The van der Waals surface area contributed by atoms with Crippen LogP contribution in [-0.4, -0.2) is 42.8 Å². The van der Waals surface area contributed by atoms with E-state index in [0.29, 0.717) is 5.75 Å². The highest BCUT2D eigenvalue weighted by molar-refractivity contribution is 5.88. The van der Waals surface area contributed by atoms with Gasteiger partial charge in [-0.25, -0.2) is 9.59 Å². The van der Waals surface area contributed by atoms with Crippen LogP contribution in [0.25, 0.3) is 11.1 Å². The minimum absolute atomic E-state index is 0.0149. The van der Waals surface area contributed by atoms with Crippen molar-refractivity contribution in [3.05, 3.63) is 161 Å². The van der Waals surface area contributed by atoms with Crippen LogP contribution in [-0.2, 0) is 19.9 Å². The molecule has 1 atom stereocenters. The van der Waals surface area contributed by atoms with Crippen molar-refractivity contribution >= 4 is 18.0 Å². The predicted molar refractivity (Wildman–Crippen MR) is 178 cm³/mol. The fraction of sp³-hybridized carbons (Fsp3) is 0.154. The summed E-state index contributed by atoms with van der Waals surface area (Å²) in [5, 5.41) is 15.6. The predicted octanol–water partition coefficient (Wildman–Crippen LogP) is 6.49. The Hall–Kier alpha value is -5.89. The number of hydrogen-bond donors (Lipinski definition) is 3. The van der Waals surface area contributed by atoms with Crippen LogP contribution in [0, 0.1) is 0 Å².